The van der Waals surface area contributed by atoms with Crippen molar-refractivity contribution in [3.05, 3.63) is 11.6 Å². The van der Waals surface area contributed by atoms with E-state index in [1.165, 1.54) is 12.0 Å². The molecule has 0 unspecified atom stereocenters. The molecule has 0 radical (unpaired) electrons. The van der Waals surface area contributed by atoms with Gasteiger partial charge in [0.15, 0.2) is 0 Å². The summed E-state index contributed by atoms with van der Waals surface area (Å²) in [6.45, 7) is 2.31. The lowest BCUT2D eigenvalue weighted by Gasteiger charge is -2.00. The number of allylic oxidation sites excluding steroid dienone is 1. The second-order valence-electron chi connectivity index (χ2n) is 2.19. The van der Waals surface area contributed by atoms with Gasteiger partial charge in [0.1, 0.15) is 0 Å². The molecular weight excluding hydrogens is 192 g/mol. The predicted molar refractivity (Wildman–Crippen MR) is 48.5 cm³/mol. The maximum absolute atomic E-state index is 8.58. The smallest absolute Gasteiger partial charge is 0.0615 e. The number of rotatable bonds is 5. The Morgan fingerprint density at radius 1 is 1.60 bits per heavy atom. The first-order valence-corrected chi connectivity index (χ1v) is 4.82. The molecule has 2 heteroatoms. The maximum Gasteiger partial charge on any atom is 0.0615 e. The third-order valence-electron chi connectivity index (χ3n) is 1.47. The highest BCUT2D eigenvalue weighted by Crippen LogP contribution is 2.09. The van der Waals surface area contributed by atoms with Gasteiger partial charge < -0.3 is 5.11 Å². The van der Waals surface area contributed by atoms with Gasteiger partial charge in [-0.2, -0.15) is 0 Å². The topological polar surface area (TPSA) is 20.2 Å². The monoisotopic (exact) mass is 206 g/mol. The number of hydrogen-bond acceptors (Lipinski definition) is 1. The van der Waals surface area contributed by atoms with E-state index in [1.54, 1.807) is 0 Å². The summed E-state index contributed by atoms with van der Waals surface area (Å²) in [5.41, 5.74) is 1.36. The fourth-order valence-corrected chi connectivity index (χ4v) is 1.13. The van der Waals surface area contributed by atoms with E-state index in [4.69, 9.17) is 5.11 Å². The molecule has 0 amide bonds. The van der Waals surface area contributed by atoms with Gasteiger partial charge in [0.05, 0.1) is 6.61 Å². The van der Waals surface area contributed by atoms with E-state index in [-0.39, 0.29) is 6.61 Å². The van der Waals surface area contributed by atoms with Gasteiger partial charge in [0.25, 0.3) is 0 Å². The minimum atomic E-state index is 0.186. The van der Waals surface area contributed by atoms with Gasteiger partial charge in [0, 0.05) is 5.33 Å². The highest BCUT2D eigenvalue weighted by molar-refractivity contribution is 9.09. The van der Waals surface area contributed by atoms with Crippen molar-refractivity contribution in [2.45, 2.75) is 26.2 Å². The Hall–Kier alpha value is 0.180. The van der Waals surface area contributed by atoms with Crippen molar-refractivity contribution in [3.8, 4) is 0 Å². The van der Waals surface area contributed by atoms with Crippen LogP contribution in [0.3, 0.4) is 0 Å². The molecule has 0 saturated heterocycles. The van der Waals surface area contributed by atoms with Crippen LogP contribution < -0.4 is 0 Å². The van der Waals surface area contributed by atoms with Gasteiger partial charge in [-0.05, 0) is 19.3 Å². The Kier molecular flexibility index (Phi) is 7.42. The van der Waals surface area contributed by atoms with Crippen molar-refractivity contribution in [2.75, 3.05) is 11.9 Å². The van der Waals surface area contributed by atoms with Crippen LogP contribution in [0, 0.1) is 0 Å². The van der Waals surface area contributed by atoms with Gasteiger partial charge in [-0.1, -0.05) is 34.5 Å². The van der Waals surface area contributed by atoms with E-state index in [0.717, 1.165) is 18.2 Å². The molecule has 0 aliphatic rings. The standard InChI is InChI=1S/C8H15BrO/c1-2-8(5-7-10)4-3-6-9/h5,10H,2-4,6-7H2,1H3. The quantitative estimate of drug-likeness (QED) is 0.542. The molecule has 10 heavy (non-hydrogen) atoms. The van der Waals surface area contributed by atoms with E-state index in [2.05, 4.69) is 22.9 Å². The van der Waals surface area contributed by atoms with Crippen molar-refractivity contribution in [1.29, 1.82) is 0 Å². The zero-order valence-corrected chi connectivity index (χ0v) is 8.02. The molecule has 0 aromatic rings. The van der Waals surface area contributed by atoms with Gasteiger partial charge in [-0.25, -0.2) is 0 Å². The molecule has 0 spiro atoms. The molecule has 0 heterocycles. The van der Waals surface area contributed by atoms with Crippen molar-refractivity contribution in [1.82, 2.24) is 0 Å². The Labute approximate surface area is 71.3 Å². The molecule has 1 N–H and O–H groups in total. The Morgan fingerprint density at radius 3 is 2.70 bits per heavy atom. The van der Waals surface area contributed by atoms with Crippen LogP contribution in [0.1, 0.15) is 26.2 Å². The molecule has 0 bridgehead atoms. The molecule has 0 aliphatic carbocycles. The fourth-order valence-electron chi connectivity index (χ4n) is 0.846. The Balaban J connectivity index is 3.49. The number of aliphatic hydroxyl groups is 1. The Bertz CT molecular complexity index is 99.4. The zero-order chi connectivity index (χ0) is 7.82. The minimum Gasteiger partial charge on any atom is -0.392 e. The van der Waals surface area contributed by atoms with Gasteiger partial charge in [0.2, 0.25) is 0 Å². The third-order valence-corrected chi connectivity index (χ3v) is 2.03. The second kappa shape index (κ2) is 7.29. The second-order valence-corrected chi connectivity index (χ2v) is 2.98. The average Bonchev–Trinajstić information content (AvgIpc) is 1.98. The molecule has 0 saturated carbocycles. The molecule has 0 rings (SSSR count). The van der Waals surface area contributed by atoms with Gasteiger partial charge in [-0.3, -0.25) is 0 Å². The number of hydrogen-bond donors (Lipinski definition) is 1. The zero-order valence-electron chi connectivity index (χ0n) is 6.44. The van der Waals surface area contributed by atoms with Crippen LogP contribution in [0.15, 0.2) is 11.6 Å². The van der Waals surface area contributed by atoms with E-state index in [9.17, 15) is 0 Å². The molecule has 0 atom stereocenters. The lowest BCUT2D eigenvalue weighted by molar-refractivity contribution is 0.341. The van der Waals surface area contributed by atoms with Crippen molar-refractivity contribution < 1.29 is 5.11 Å². The summed E-state index contributed by atoms with van der Waals surface area (Å²) in [6.07, 6.45) is 5.25. The highest BCUT2D eigenvalue weighted by Gasteiger charge is 1.91. The van der Waals surface area contributed by atoms with Crippen molar-refractivity contribution in [2.24, 2.45) is 0 Å². The first kappa shape index (κ1) is 10.2. The van der Waals surface area contributed by atoms with Crippen LogP contribution >= 0.6 is 15.9 Å². The maximum atomic E-state index is 8.58. The summed E-state index contributed by atoms with van der Waals surface area (Å²) in [6, 6.07) is 0. The molecule has 60 valence electrons. The first-order chi connectivity index (χ1) is 4.85. The summed E-state index contributed by atoms with van der Waals surface area (Å²) in [4.78, 5) is 0. The summed E-state index contributed by atoms with van der Waals surface area (Å²) < 4.78 is 0. The number of aliphatic hydroxyl groups excluding tert-OH is 1. The van der Waals surface area contributed by atoms with E-state index in [1.807, 2.05) is 6.08 Å². The average molecular weight is 207 g/mol. The van der Waals surface area contributed by atoms with Crippen molar-refractivity contribution >= 4 is 15.9 Å². The SMILES string of the molecule is CCC(=CCO)CCCBr. The summed E-state index contributed by atoms with van der Waals surface area (Å²) in [7, 11) is 0. The molecule has 0 aliphatic heterocycles. The van der Waals surface area contributed by atoms with E-state index < -0.39 is 0 Å². The summed E-state index contributed by atoms with van der Waals surface area (Å²) in [5.74, 6) is 0. The number of halogens is 1. The third kappa shape index (κ3) is 5.00. The van der Waals surface area contributed by atoms with Crippen LogP contribution in [0.25, 0.3) is 0 Å². The first-order valence-electron chi connectivity index (χ1n) is 3.69. The highest BCUT2D eigenvalue weighted by atomic mass is 79.9. The van der Waals surface area contributed by atoms with Gasteiger partial charge in [-0.15, -0.1) is 0 Å². The lowest BCUT2D eigenvalue weighted by atomic mass is 10.1. The minimum absolute atomic E-state index is 0.186. The lowest BCUT2D eigenvalue weighted by Crippen LogP contribution is -1.85. The van der Waals surface area contributed by atoms with Crippen LogP contribution in [0.2, 0.25) is 0 Å². The molecule has 0 fully saturated rings. The summed E-state index contributed by atoms with van der Waals surface area (Å²) in [5, 5.41) is 9.63. The van der Waals surface area contributed by atoms with E-state index >= 15 is 0 Å². The largest absolute Gasteiger partial charge is 0.392 e. The summed E-state index contributed by atoms with van der Waals surface area (Å²) >= 11 is 3.37. The fraction of sp³-hybridized carbons (Fsp3) is 0.750. The Morgan fingerprint density at radius 2 is 2.30 bits per heavy atom. The van der Waals surface area contributed by atoms with Crippen molar-refractivity contribution in [3.63, 3.8) is 0 Å². The molecular formula is C8H15BrO. The van der Waals surface area contributed by atoms with Crippen LogP contribution in [-0.4, -0.2) is 17.0 Å². The van der Waals surface area contributed by atoms with Crippen LogP contribution in [0.4, 0.5) is 0 Å². The number of alkyl halides is 1. The molecule has 0 aromatic heterocycles. The molecule has 0 aromatic carbocycles. The molecule has 1 nitrogen and oxygen atoms in total. The van der Waals surface area contributed by atoms with Crippen LogP contribution in [-0.2, 0) is 0 Å². The van der Waals surface area contributed by atoms with Gasteiger partial charge >= 0.3 is 0 Å². The van der Waals surface area contributed by atoms with Crippen LogP contribution in [0.5, 0.6) is 0 Å². The normalized spacial score (nSPS) is 12.1. The predicted octanol–water partition coefficient (Wildman–Crippen LogP) is 2.49. The van der Waals surface area contributed by atoms with E-state index in [0.29, 0.717) is 0 Å².